The van der Waals surface area contributed by atoms with E-state index in [-0.39, 0.29) is 24.1 Å². The van der Waals surface area contributed by atoms with Crippen LogP contribution in [0.2, 0.25) is 0 Å². The molecule has 2 aliphatic heterocycles. The van der Waals surface area contributed by atoms with E-state index in [0.717, 1.165) is 91.6 Å². The number of methoxy groups -OCH3 is 4. The topological polar surface area (TPSA) is 166 Å². The minimum atomic E-state index is -0.362. The predicted molar refractivity (Wildman–Crippen MR) is 368 cm³/mol. The van der Waals surface area contributed by atoms with Crippen LogP contribution >= 0.6 is 0 Å². The maximum Gasteiger partial charge on any atom is 0.373 e. The van der Waals surface area contributed by atoms with Gasteiger partial charge in [0, 0.05) is 37.9 Å². The SMILES string of the molecule is COc1cc(C)c(/C=C/C2NCCc3cc(OCc4ccccc4)c(OC)cc32)cc1OCc1ccccc1.COc1cc(C)c(/C=C/C2c3cc(OC)c(OCc4ccccc4)cc3CCN2C(=O)c2cccnc2)cc1OCc1ccccc1.O=C=O.c1ccncc1. The summed E-state index contributed by atoms with van der Waals surface area (Å²) >= 11 is 0. The molecule has 2 aliphatic rings. The number of pyridine rings is 2. The molecule has 0 spiro atoms. The molecule has 2 aromatic heterocycles. The van der Waals surface area contributed by atoms with Crippen molar-refractivity contribution in [1.29, 1.82) is 0 Å². The predicted octanol–water partition coefficient (Wildman–Crippen LogP) is 15.6. The van der Waals surface area contributed by atoms with Crippen molar-refractivity contribution in [3.05, 3.63) is 309 Å². The van der Waals surface area contributed by atoms with Gasteiger partial charge in [0.2, 0.25) is 0 Å². The van der Waals surface area contributed by atoms with Gasteiger partial charge in [-0.2, -0.15) is 9.59 Å². The van der Waals surface area contributed by atoms with E-state index in [1.165, 1.54) is 11.1 Å². The molecule has 0 bridgehead atoms. The number of hydrogen-bond acceptors (Lipinski definition) is 14. The molecule has 0 fully saturated rings. The van der Waals surface area contributed by atoms with Crippen LogP contribution in [-0.4, -0.2) is 68.5 Å². The zero-order valence-electron chi connectivity index (χ0n) is 54.3. The summed E-state index contributed by atoms with van der Waals surface area (Å²) < 4.78 is 47.6. The molecule has 2 atom stereocenters. The van der Waals surface area contributed by atoms with Crippen LogP contribution in [0, 0.1) is 13.8 Å². The Morgan fingerprint density at radius 3 is 1.28 bits per heavy atom. The third kappa shape index (κ3) is 19.2. The average Bonchev–Trinajstić information content (AvgIpc) is 0.791. The summed E-state index contributed by atoms with van der Waals surface area (Å²) in [5.74, 6) is 5.50. The van der Waals surface area contributed by atoms with Crippen molar-refractivity contribution in [3.63, 3.8) is 0 Å². The lowest BCUT2D eigenvalue weighted by Crippen LogP contribution is -2.39. The van der Waals surface area contributed by atoms with Crippen LogP contribution in [0.1, 0.15) is 89.2 Å². The first kappa shape index (κ1) is 68.1. The van der Waals surface area contributed by atoms with Crippen LogP contribution < -0.4 is 43.2 Å². The Morgan fingerprint density at radius 1 is 0.474 bits per heavy atom. The lowest BCUT2D eigenvalue weighted by molar-refractivity contribution is -0.191. The lowest BCUT2D eigenvalue weighted by atomic mass is 9.90. The molecule has 0 saturated carbocycles. The molecule has 0 saturated heterocycles. The zero-order chi connectivity index (χ0) is 66.6. The molecule has 4 heterocycles. The summed E-state index contributed by atoms with van der Waals surface area (Å²) in [4.78, 5) is 40.0. The van der Waals surface area contributed by atoms with Crippen molar-refractivity contribution in [2.45, 2.75) is 65.2 Å². The van der Waals surface area contributed by atoms with Gasteiger partial charge in [0.05, 0.1) is 46.1 Å². The highest BCUT2D eigenvalue weighted by Gasteiger charge is 2.32. The number of hydrogen-bond donors (Lipinski definition) is 1. The Kier molecular flexibility index (Phi) is 25.5. The van der Waals surface area contributed by atoms with Crippen molar-refractivity contribution < 1.29 is 52.3 Å². The van der Waals surface area contributed by atoms with Crippen molar-refractivity contribution in [2.24, 2.45) is 0 Å². The third-order valence-corrected chi connectivity index (χ3v) is 15.9. The van der Waals surface area contributed by atoms with Gasteiger partial charge in [-0.3, -0.25) is 14.8 Å². The van der Waals surface area contributed by atoms with E-state index >= 15 is 0 Å². The maximum atomic E-state index is 13.9. The van der Waals surface area contributed by atoms with Crippen molar-refractivity contribution >= 4 is 24.2 Å². The molecule has 0 aliphatic carbocycles. The van der Waals surface area contributed by atoms with Crippen LogP contribution in [0.5, 0.6) is 46.0 Å². The number of nitrogens with zero attached hydrogens (tertiary/aromatic N) is 3. The largest absolute Gasteiger partial charge is 0.493 e. The summed E-state index contributed by atoms with van der Waals surface area (Å²) in [6.45, 7) is 7.38. The molecule has 484 valence electrons. The molecule has 8 aromatic carbocycles. The van der Waals surface area contributed by atoms with Gasteiger partial charge in [-0.1, -0.05) is 152 Å². The molecule has 1 N–H and O–H groups in total. The van der Waals surface area contributed by atoms with E-state index in [1.807, 2.05) is 151 Å². The van der Waals surface area contributed by atoms with Gasteiger partial charge in [0.25, 0.3) is 5.91 Å². The molecule has 2 unspecified atom stereocenters. The van der Waals surface area contributed by atoms with Gasteiger partial charge in [0.15, 0.2) is 46.0 Å². The first-order valence-corrected chi connectivity index (χ1v) is 31.2. The number of carbonyl (C=O) groups is 1. The highest BCUT2D eigenvalue weighted by Crippen LogP contribution is 2.42. The first-order chi connectivity index (χ1) is 46.6. The van der Waals surface area contributed by atoms with Crippen molar-refractivity contribution in [2.75, 3.05) is 41.5 Å². The molecule has 0 radical (unpaired) electrons. The van der Waals surface area contributed by atoms with E-state index < -0.39 is 0 Å². The number of rotatable bonds is 21. The second kappa shape index (κ2) is 35.5. The van der Waals surface area contributed by atoms with Crippen molar-refractivity contribution in [1.82, 2.24) is 20.2 Å². The van der Waals surface area contributed by atoms with Gasteiger partial charge >= 0.3 is 6.15 Å². The Bertz CT molecular complexity index is 4110. The Labute approximate surface area is 556 Å². The number of nitrogens with one attached hydrogen (secondary N) is 1. The van der Waals surface area contributed by atoms with E-state index in [4.69, 9.17) is 47.5 Å². The fourth-order valence-electron chi connectivity index (χ4n) is 11.0. The van der Waals surface area contributed by atoms with Gasteiger partial charge in [-0.25, -0.2) is 0 Å². The van der Waals surface area contributed by atoms with Crippen LogP contribution in [0.4, 0.5) is 0 Å². The molecule has 12 rings (SSSR count). The van der Waals surface area contributed by atoms with Crippen LogP contribution in [0.3, 0.4) is 0 Å². The summed E-state index contributed by atoms with van der Waals surface area (Å²) in [7, 11) is 6.65. The highest BCUT2D eigenvalue weighted by molar-refractivity contribution is 5.94. The molecule has 10 aromatic rings. The number of aryl methyl sites for hydroxylation is 2. The van der Waals surface area contributed by atoms with Gasteiger partial charge < -0.3 is 48.1 Å². The molecule has 95 heavy (non-hydrogen) atoms. The summed E-state index contributed by atoms with van der Waals surface area (Å²) in [6.07, 6.45) is 17.1. The van der Waals surface area contributed by atoms with Crippen molar-refractivity contribution in [3.8, 4) is 46.0 Å². The van der Waals surface area contributed by atoms with E-state index in [1.54, 1.807) is 65.4 Å². The number of amides is 1. The standard InChI is InChI=1S/C40H38N2O5.C34H35NO4.C5H5N.CO2/c1-28-21-36(44-2)38(46-26-29-11-6-4-7-12-29)22-31(28)16-17-35-34-24-37(45-3)39(47-27-30-13-8-5-9-14-30)23-32(34)18-20-42(35)40(43)33-15-10-19-41-25-33;1-24-18-31(36-2)33(38-22-25-10-6-4-7-11-25)19-27(24)14-15-30-29-21-32(37-3)34(20-28(29)16-17-35-30)39-23-26-12-8-5-9-13-26;1-2-4-6-5-3-1;2-1-3/h4-17,19,21-25,35H,18,20,26-27H2,1-3H3;4-15,18-21,30,35H,16-17,22-23H2,1-3H3;1-5H;/b17-16+;15-14+;;. The number of aromatic nitrogens is 2. The minimum Gasteiger partial charge on any atom is -0.493 e. The van der Waals surface area contributed by atoms with Gasteiger partial charge in [-0.05, 0) is 166 Å². The number of benzene rings is 8. The summed E-state index contributed by atoms with van der Waals surface area (Å²) in [6, 6.07) is 65.8. The number of ether oxygens (including phenoxy) is 8. The molecular weight excluding hydrogens is 1190 g/mol. The third-order valence-electron chi connectivity index (χ3n) is 15.9. The molecule has 15 nitrogen and oxygen atoms in total. The monoisotopic (exact) mass is 1270 g/mol. The Morgan fingerprint density at radius 2 is 0.874 bits per heavy atom. The fraction of sp³-hybridized carbons (Fsp3) is 0.200. The summed E-state index contributed by atoms with van der Waals surface area (Å²) in [5, 5.41) is 3.64. The van der Waals surface area contributed by atoms with E-state index in [9.17, 15) is 4.79 Å². The molecule has 15 heteroatoms. The van der Waals surface area contributed by atoms with E-state index in [2.05, 4.69) is 95.0 Å². The van der Waals surface area contributed by atoms with Gasteiger partial charge in [0.1, 0.15) is 26.4 Å². The number of fused-ring (bicyclic) bond motifs is 2. The van der Waals surface area contributed by atoms with Gasteiger partial charge in [-0.15, -0.1) is 0 Å². The molecule has 1 amide bonds. The number of carbonyl (C=O) groups excluding carboxylic acids is 3. The smallest absolute Gasteiger partial charge is 0.373 e. The van der Waals surface area contributed by atoms with Crippen LogP contribution in [0.25, 0.3) is 12.2 Å². The first-order valence-electron chi connectivity index (χ1n) is 31.2. The zero-order valence-corrected chi connectivity index (χ0v) is 54.3. The minimum absolute atomic E-state index is 0.0565. The lowest BCUT2D eigenvalue weighted by Gasteiger charge is -2.36. The highest BCUT2D eigenvalue weighted by atomic mass is 16.5. The van der Waals surface area contributed by atoms with Crippen LogP contribution in [0.15, 0.2) is 237 Å². The maximum absolute atomic E-state index is 13.9. The normalized spacial score (nSPS) is 13.5. The van der Waals surface area contributed by atoms with E-state index in [0.29, 0.717) is 68.0 Å². The second-order valence-corrected chi connectivity index (χ2v) is 22.2. The average molecular weight is 1270 g/mol. The molecular formula is C80H78N4O11. The van der Waals surface area contributed by atoms with Crippen LogP contribution in [-0.2, 0) is 48.9 Å². The summed E-state index contributed by atoms with van der Waals surface area (Å²) in [5.41, 5.74) is 13.7. The Balaban J connectivity index is 0.000000200. The second-order valence-electron chi connectivity index (χ2n) is 22.2. The Hall–Kier alpha value is -11.3. The fourth-order valence-corrected chi connectivity index (χ4v) is 11.0. The quantitative estimate of drug-likeness (QED) is 0.0722.